The summed E-state index contributed by atoms with van der Waals surface area (Å²) in [7, 11) is -1.87. The SMILES string of the molecule is COc1cc(C(=O)N2CC(C(=O)CO)CC2CO[Si](C)(C)C(C)(C)C)c([N+](=O)[O-])cc1OCCCCCOc1cc([N+](=O)[O-])c(C(=O)N2C[C@H](C(=O)CO)C[C@H]2CO[Si](C)(C)C(C)(C)C)cc1OC. The van der Waals surface area contributed by atoms with Gasteiger partial charge in [0.2, 0.25) is 0 Å². The molecule has 2 aliphatic rings. The van der Waals surface area contributed by atoms with Crippen LogP contribution in [-0.4, -0.2) is 149 Å². The number of nitro groups is 2. The third kappa shape index (κ3) is 13.7. The Bertz CT molecular complexity index is 2060. The van der Waals surface area contributed by atoms with Gasteiger partial charge >= 0.3 is 0 Å². The Morgan fingerprint density at radius 2 is 0.971 bits per heavy atom. The highest BCUT2D eigenvalue weighted by atomic mass is 28.4. The van der Waals surface area contributed by atoms with Crippen molar-refractivity contribution in [3.63, 3.8) is 0 Å². The van der Waals surface area contributed by atoms with Gasteiger partial charge in [0, 0.05) is 37.1 Å². The van der Waals surface area contributed by atoms with Crippen LogP contribution < -0.4 is 18.9 Å². The number of aliphatic hydroxyl groups excluding tert-OH is 2. The second-order valence-corrected chi connectivity index (χ2v) is 30.4. The fraction of sp³-hybridized carbons (Fsp3) is 0.660. The van der Waals surface area contributed by atoms with Gasteiger partial charge in [0.05, 0.1) is 74.7 Å². The van der Waals surface area contributed by atoms with E-state index in [0.717, 1.165) is 12.1 Å². The first-order chi connectivity index (χ1) is 32.1. The molecule has 2 saturated heterocycles. The number of carbonyl (C=O) groups excluding carboxylic acids is 4. The molecular formula is C47H72N4O16Si2. The highest BCUT2D eigenvalue weighted by Gasteiger charge is 2.46. The molecule has 2 amide bonds. The summed E-state index contributed by atoms with van der Waals surface area (Å²) in [5.41, 5.74) is -1.53. The summed E-state index contributed by atoms with van der Waals surface area (Å²) >= 11 is 0. The summed E-state index contributed by atoms with van der Waals surface area (Å²) in [5.74, 6) is -3.31. The van der Waals surface area contributed by atoms with Crippen molar-refractivity contribution in [2.24, 2.45) is 11.8 Å². The molecule has 0 saturated carbocycles. The number of hydrogen-bond acceptors (Lipinski definition) is 16. The first-order valence-corrected chi connectivity index (χ1v) is 29.1. The van der Waals surface area contributed by atoms with E-state index in [1.165, 1.54) is 36.2 Å². The number of nitro benzene ring substituents is 2. The number of nitrogens with zero attached hydrogens (tertiary/aromatic N) is 4. The molecule has 2 N–H and O–H groups in total. The Hall–Kier alpha value is -5.01. The van der Waals surface area contributed by atoms with Crippen LogP contribution in [-0.2, 0) is 18.4 Å². The highest BCUT2D eigenvalue weighted by Crippen LogP contribution is 2.42. The van der Waals surface area contributed by atoms with Gasteiger partial charge in [0.25, 0.3) is 23.2 Å². The molecule has 384 valence electrons. The number of benzene rings is 2. The Labute approximate surface area is 406 Å². The second kappa shape index (κ2) is 23.3. The van der Waals surface area contributed by atoms with Crippen LogP contribution in [0.1, 0.15) is 94.4 Å². The second-order valence-electron chi connectivity index (χ2n) is 20.8. The van der Waals surface area contributed by atoms with E-state index in [1.54, 1.807) is 0 Å². The van der Waals surface area contributed by atoms with Gasteiger partial charge in [-0.2, -0.15) is 0 Å². The number of ketones is 2. The van der Waals surface area contributed by atoms with Crippen molar-refractivity contribution in [3.05, 3.63) is 55.6 Å². The molecule has 2 aromatic carbocycles. The monoisotopic (exact) mass is 1000 g/mol. The minimum Gasteiger partial charge on any atom is -0.493 e. The molecule has 4 atom stereocenters. The van der Waals surface area contributed by atoms with E-state index in [-0.39, 0.29) is 96.6 Å². The topological polar surface area (TPSA) is 257 Å². The van der Waals surface area contributed by atoms with Crippen molar-refractivity contribution in [1.82, 2.24) is 9.80 Å². The maximum Gasteiger partial charge on any atom is 0.286 e. The van der Waals surface area contributed by atoms with Crippen LogP contribution in [0.25, 0.3) is 0 Å². The molecule has 2 unspecified atom stereocenters. The zero-order valence-corrected chi connectivity index (χ0v) is 44.2. The summed E-state index contributed by atoms with van der Waals surface area (Å²) in [4.78, 5) is 79.7. The van der Waals surface area contributed by atoms with E-state index in [9.17, 15) is 49.6 Å². The molecule has 2 aromatic rings. The van der Waals surface area contributed by atoms with Crippen LogP contribution in [0.3, 0.4) is 0 Å². The summed E-state index contributed by atoms with van der Waals surface area (Å²) in [6.07, 6.45) is 1.91. The first kappa shape index (κ1) is 56.6. The van der Waals surface area contributed by atoms with Crippen molar-refractivity contribution < 1.29 is 67.0 Å². The molecule has 0 spiro atoms. The van der Waals surface area contributed by atoms with Crippen molar-refractivity contribution in [1.29, 1.82) is 0 Å². The molecule has 0 radical (unpaired) electrons. The number of ether oxygens (including phenoxy) is 4. The Balaban J connectivity index is 1.43. The first-order valence-electron chi connectivity index (χ1n) is 23.3. The van der Waals surface area contributed by atoms with Crippen LogP contribution in [0.15, 0.2) is 24.3 Å². The average molecular weight is 1010 g/mol. The summed E-state index contributed by atoms with van der Waals surface area (Å²) < 4.78 is 35.7. The minimum atomic E-state index is -2.28. The van der Waals surface area contributed by atoms with Gasteiger partial charge in [-0.25, -0.2) is 0 Å². The molecule has 69 heavy (non-hydrogen) atoms. The van der Waals surface area contributed by atoms with E-state index >= 15 is 0 Å². The third-order valence-electron chi connectivity index (χ3n) is 14.2. The molecule has 2 fully saturated rings. The summed E-state index contributed by atoms with van der Waals surface area (Å²) in [5, 5.41) is 43.8. The van der Waals surface area contributed by atoms with Crippen molar-refractivity contribution in [3.8, 4) is 23.0 Å². The normalized spacial score (nSPS) is 18.8. The lowest BCUT2D eigenvalue weighted by molar-refractivity contribution is -0.385. The lowest BCUT2D eigenvalue weighted by Crippen LogP contribution is -2.46. The van der Waals surface area contributed by atoms with Gasteiger partial charge in [-0.15, -0.1) is 0 Å². The lowest BCUT2D eigenvalue weighted by Gasteiger charge is -2.38. The van der Waals surface area contributed by atoms with Crippen LogP contribution in [0.4, 0.5) is 11.4 Å². The van der Waals surface area contributed by atoms with Gasteiger partial charge < -0.3 is 47.8 Å². The fourth-order valence-corrected chi connectivity index (χ4v) is 9.84. The number of hydrogen-bond donors (Lipinski definition) is 2. The quantitative estimate of drug-likeness (QED) is 0.0465. The summed E-state index contributed by atoms with van der Waals surface area (Å²) in [6, 6.07) is 3.65. The smallest absolute Gasteiger partial charge is 0.286 e. The third-order valence-corrected chi connectivity index (χ3v) is 23.2. The van der Waals surface area contributed by atoms with Gasteiger partial charge in [0.15, 0.2) is 51.2 Å². The Kier molecular flexibility index (Phi) is 19.1. The van der Waals surface area contributed by atoms with E-state index in [1.807, 2.05) is 0 Å². The van der Waals surface area contributed by atoms with E-state index < -0.39 is 98.4 Å². The Morgan fingerprint density at radius 3 is 1.26 bits per heavy atom. The maximum atomic E-state index is 14.1. The van der Waals surface area contributed by atoms with Crippen LogP contribution in [0.2, 0.25) is 36.3 Å². The maximum absolute atomic E-state index is 14.1. The van der Waals surface area contributed by atoms with Crippen LogP contribution >= 0.6 is 0 Å². The van der Waals surface area contributed by atoms with Crippen molar-refractivity contribution in [2.75, 3.05) is 67.0 Å². The molecule has 2 heterocycles. The molecule has 4 rings (SSSR count). The average Bonchev–Trinajstić information content (AvgIpc) is 3.93. The van der Waals surface area contributed by atoms with E-state index in [0.29, 0.717) is 19.3 Å². The molecule has 0 aromatic heterocycles. The number of aliphatic hydroxyl groups is 2. The predicted octanol–water partition coefficient (Wildman–Crippen LogP) is 6.98. The number of likely N-dealkylation sites (tertiary alicyclic amines) is 2. The largest absolute Gasteiger partial charge is 0.493 e. The zero-order chi connectivity index (χ0) is 51.8. The molecule has 2 aliphatic heterocycles. The number of Topliss-reactive ketones (excluding diaryl/α,β-unsaturated/α-hetero) is 2. The molecule has 20 nitrogen and oxygen atoms in total. The number of methoxy groups -OCH3 is 2. The molecule has 22 heteroatoms. The fourth-order valence-electron chi connectivity index (χ4n) is 7.76. The minimum absolute atomic E-state index is 0.0372. The van der Waals surface area contributed by atoms with Gasteiger partial charge in [-0.05, 0) is 68.4 Å². The van der Waals surface area contributed by atoms with Crippen molar-refractivity contribution in [2.45, 2.75) is 122 Å². The van der Waals surface area contributed by atoms with E-state index in [4.69, 9.17) is 27.8 Å². The van der Waals surface area contributed by atoms with Gasteiger partial charge in [-0.3, -0.25) is 39.4 Å². The number of carbonyl (C=O) groups is 4. The lowest BCUT2D eigenvalue weighted by atomic mass is 10.0. The number of unbranched alkanes of at least 4 members (excludes halogenated alkanes) is 2. The molecular weight excluding hydrogens is 933 g/mol. The van der Waals surface area contributed by atoms with Crippen LogP contribution in [0.5, 0.6) is 23.0 Å². The molecule has 0 aliphatic carbocycles. The highest BCUT2D eigenvalue weighted by molar-refractivity contribution is 6.74. The number of amides is 2. The molecule has 0 bridgehead atoms. The Morgan fingerprint density at radius 1 is 0.623 bits per heavy atom. The number of rotatable bonds is 24. The summed E-state index contributed by atoms with van der Waals surface area (Å²) in [6.45, 7) is 19.7. The predicted molar refractivity (Wildman–Crippen MR) is 260 cm³/mol. The van der Waals surface area contributed by atoms with Crippen LogP contribution in [0, 0.1) is 32.1 Å². The zero-order valence-electron chi connectivity index (χ0n) is 42.2. The van der Waals surface area contributed by atoms with Gasteiger partial charge in [0.1, 0.15) is 24.3 Å². The standard InChI is InChI=1S/C47H72N4O16Si2/c1-46(2,3)68(9,10)66-28-32-18-30(38(54)26-52)24-48(32)44(56)34-20-40(62-7)42(22-36(34)50(58)59)64-16-14-13-15-17-65-43-23-37(51(60)61)35(21-41(43)63-8)45(57)49-25-31(39(55)27-53)19-33(49)29-67-69(11,12)47(4,5)6/h20-23,30-33,52-53H,13-19,24-29H2,1-12H3/t30-,31?,32+,33?/m1/s1. The van der Waals surface area contributed by atoms with Gasteiger partial charge in [-0.1, -0.05) is 41.5 Å². The van der Waals surface area contributed by atoms with Crippen molar-refractivity contribution >= 4 is 51.4 Å². The van der Waals surface area contributed by atoms with E-state index in [2.05, 4.69) is 67.7 Å².